The fraction of sp³-hybridized carbons (Fsp3) is 0.600. The van der Waals surface area contributed by atoms with Gasteiger partial charge in [-0.1, -0.05) is 32.4 Å². The summed E-state index contributed by atoms with van der Waals surface area (Å²) in [6, 6.07) is 5.01. The van der Waals surface area contributed by atoms with E-state index in [-0.39, 0.29) is 11.9 Å². The molecule has 2 atom stereocenters. The Balaban J connectivity index is 3.11. The summed E-state index contributed by atoms with van der Waals surface area (Å²) in [4.78, 5) is 2.10. The molecule has 0 saturated heterocycles. The molecule has 0 spiro atoms. The van der Waals surface area contributed by atoms with E-state index in [0.29, 0.717) is 11.6 Å². The highest BCUT2D eigenvalue weighted by Gasteiger charge is 2.18. The van der Waals surface area contributed by atoms with Gasteiger partial charge >= 0.3 is 0 Å². The van der Waals surface area contributed by atoms with Crippen LogP contribution in [0.25, 0.3) is 0 Å². The van der Waals surface area contributed by atoms with Crippen LogP contribution in [0.1, 0.15) is 45.7 Å². The number of hydrogen-bond acceptors (Lipinski definition) is 2. The Morgan fingerprint density at radius 2 is 1.94 bits per heavy atom. The molecule has 0 aromatic heterocycles. The molecule has 102 valence electrons. The summed E-state index contributed by atoms with van der Waals surface area (Å²) in [6.07, 6.45) is 1.10. The molecule has 0 fully saturated rings. The van der Waals surface area contributed by atoms with E-state index in [1.54, 1.807) is 6.07 Å². The minimum Gasteiger partial charge on any atom is -0.369 e. The zero-order chi connectivity index (χ0) is 13.7. The first-order chi connectivity index (χ1) is 8.51. The average Bonchev–Trinajstić information content (AvgIpc) is 2.35. The molecule has 1 rings (SSSR count). The Morgan fingerprint density at radius 3 is 2.44 bits per heavy atom. The second-order valence-electron chi connectivity index (χ2n) is 5.02. The van der Waals surface area contributed by atoms with Gasteiger partial charge in [0, 0.05) is 19.1 Å². The van der Waals surface area contributed by atoms with E-state index in [1.807, 2.05) is 13.0 Å². The molecule has 0 radical (unpaired) electrons. The van der Waals surface area contributed by atoms with E-state index in [0.717, 1.165) is 25.1 Å². The summed E-state index contributed by atoms with van der Waals surface area (Å²) >= 11 is 0. The standard InChI is InChI=1S/C15H25FN2/c1-5-11(3)10-18(6-2)15-13(12(4)17)8-7-9-14(15)16/h7-9,11-12H,5-6,10,17H2,1-4H3. The average molecular weight is 252 g/mol. The third-order valence-corrected chi connectivity index (χ3v) is 3.44. The molecule has 1 aromatic rings. The molecule has 3 heteroatoms. The molecular weight excluding hydrogens is 227 g/mol. The van der Waals surface area contributed by atoms with Crippen molar-refractivity contribution in [3.8, 4) is 0 Å². The highest BCUT2D eigenvalue weighted by molar-refractivity contribution is 5.56. The molecule has 0 aliphatic heterocycles. The van der Waals surface area contributed by atoms with E-state index in [2.05, 4.69) is 25.7 Å². The van der Waals surface area contributed by atoms with Gasteiger partial charge in [-0.25, -0.2) is 4.39 Å². The second kappa shape index (κ2) is 6.74. The van der Waals surface area contributed by atoms with E-state index in [1.165, 1.54) is 6.07 Å². The number of benzene rings is 1. The van der Waals surface area contributed by atoms with Crippen LogP contribution in [0.3, 0.4) is 0 Å². The van der Waals surface area contributed by atoms with Crippen LogP contribution in [0.4, 0.5) is 10.1 Å². The van der Waals surface area contributed by atoms with Crippen LogP contribution in [0, 0.1) is 11.7 Å². The molecule has 0 aliphatic carbocycles. The van der Waals surface area contributed by atoms with Crippen molar-refractivity contribution in [3.63, 3.8) is 0 Å². The Labute approximate surface area is 110 Å². The van der Waals surface area contributed by atoms with Crippen LogP contribution in [0.5, 0.6) is 0 Å². The molecular formula is C15H25FN2. The van der Waals surface area contributed by atoms with Gasteiger partial charge in [-0.2, -0.15) is 0 Å². The van der Waals surface area contributed by atoms with Crippen LogP contribution in [0.2, 0.25) is 0 Å². The lowest BCUT2D eigenvalue weighted by atomic mass is 10.0. The zero-order valence-electron chi connectivity index (χ0n) is 11.9. The van der Waals surface area contributed by atoms with Gasteiger partial charge in [-0.15, -0.1) is 0 Å². The van der Waals surface area contributed by atoms with Gasteiger partial charge in [0.15, 0.2) is 0 Å². The van der Waals surface area contributed by atoms with Crippen molar-refractivity contribution in [1.29, 1.82) is 0 Å². The minimum absolute atomic E-state index is 0.151. The highest BCUT2D eigenvalue weighted by Crippen LogP contribution is 2.29. The first-order valence-corrected chi connectivity index (χ1v) is 6.80. The maximum absolute atomic E-state index is 14.1. The van der Waals surface area contributed by atoms with Gasteiger partial charge in [0.1, 0.15) is 5.82 Å². The normalized spacial score (nSPS) is 14.3. The largest absolute Gasteiger partial charge is 0.369 e. The van der Waals surface area contributed by atoms with Crippen LogP contribution in [-0.2, 0) is 0 Å². The maximum atomic E-state index is 14.1. The molecule has 0 aliphatic rings. The minimum atomic E-state index is -0.171. The smallest absolute Gasteiger partial charge is 0.146 e. The SMILES string of the molecule is CCC(C)CN(CC)c1c(F)cccc1C(C)N. The lowest BCUT2D eigenvalue weighted by Gasteiger charge is -2.29. The number of para-hydroxylation sites is 1. The molecule has 18 heavy (non-hydrogen) atoms. The van der Waals surface area contributed by atoms with Crippen molar-refractivity contribution < 1.29 is 4.39 Å². The predicted octanol–water partition coefficient (Wildman–Crippen LogP) is 3.72. The van der Waals surface area contributed by atoms with Crippen LogP contribution >= 0.6 is 0 Å². The van der Waals surface area contributed by atoms with E-state index in [4.69, 9.17) is 5.73 Å². The summed E-state index contributed by atoms with van der Waals surface area (Å²) in [5, 5.41) is 0. The molecule has 2 N–H and O–H groups in total. The topological polar surface area (TPSA) is 29.3 Å². The Kier molecular flexibility index (Phi) is 5.60. The molecule has 0 saturated carbocycles. The van der Waals surface area contributed by atoms with Crippen molar-refractivity contribution in [1.82, 2.24) is 0 Å². The van der Waals surface area contributed by atoms with Crippen molar-refractivity contribution in [2.24, 2.45) is 11.7 Å². The van der Waals surface area contributed by atoms with Crippen LogP contribution in [-0.4, -0.2) is 13.1 Å². The maximum Gasteiger partial charge on any atom is 0.146 e. The van der Waals surface area contributed by atoms with Crippen molar-refractivity contribution in [2.45, 2.75) is 40.2 Å². The predicted molar refractivity (Wildman–Crippen MR) is 76.3 cm³/mol. The second-order valence-corrected chi connectivity index (χ2v) is 5.02. The summed E-state index contributed by atoms with van der Waals surface area (Å²) < 4.78 is 14.1. The zero-order valence-corrected chi connectivity index (χ0v) is 11.9. The van der Waals surface area contributed by atoms with E-state index < -0.39 is 0 Å². The summed E-state index contributed by atoms with van der Waals surface area (Å²) in [7, 11) is 0. The first kappa shape index (κ1) is 15.0. The summed E-state index contributed by atoms with van der Waals surface area (Å²) in [5.41, 5.74) is 7.51. The number of nitrogens with zero attached hydrogens (tertiary/aromatic N) is 1. The Morgan fingerprint density at radius 1 is 1.28 bits per heavy atom. The van der Waals surface area contributed by atoms with Crippen molar-refractivity contribution >= 4 is 5.69 Å². The molecule has 0 amide bonds. The Bertz CT molecular complexity index is 377. The lowest BCUT2D eigenvalue weighted by Crippen LogP contribution is -2.30. The fourth-order valence-corrected chi connectivity index (χ4v) is 2.12. The van der Waals surface area contributed by atoms with Crippen molar-refractivity contribution in [2.75, 3.05) is 18.0 Å². The van der Waals surface area contributed by atoms with Gasteiger partial charge in [0.25, 0.3) is 0 Å². The highest BCUT2D eigenvalue weighted by atomic mass is 19.1. The third-order valence-electron chi connectivity index (χ3n) is 3.44. The number of hydrogen-bond donors (Lipinski definition) is 1. The van der Waals surface area contributed by atoms with E-state index >= 15 is 0 Å². The van der Waals surface area contributed by atoms with Crippen molar-refractivity contribution in [3.05, 3.63) is 29.6 Å². The van der Waals surface area contributed by atoms with Crippen LogP contribution < -0.4 is 10.6 Å². The molecule has 0 bridgehead atoms. The third kappa shape index (κ3) is 3.45. The number of rotatable bonds is 6. The summed E-state index contributed by atoms with van der Waals surface area (Å²) in [6.45, 7) is 9.97. The van der Waals surface area contributed by atoms with Gasteiger partial charge in [0.05, 0.1) is 5.69 Å². The monoisotopic (exact) mass is 252 g/mol. The number of nitrogens with two attached hydrogens (primary N) is 1. The summed E-state index contributed by atoms with van der Waals surface area (Å²) in [5.74, 6) is 0.375. The molecule has 0 heterocycles. The Hall–Kier alpha value is -1.09. The van der Waals surface area contributed by atoms with Crippen LogP contribution in [0.15, 0.2) is 18.2 Å². The molecule has 2 nitrogen and oxygen atoms in total. The fourth-order valence-electron chi connectivity index (χ4n) is 2.12. The van der Waals surface area contributed by atoms with Gasteiger partial charge < -0.3 is 10.6 Å². The molecule has 2 unspecified atom stereocenters. The van der Waals surface area contributed by atoms with E-state index in [9.17, 15) is 4.39 Å². The number of halogens is 1. The van der Waals surface area contributed by atoms with Gasteiger partial charge in [0.2, 0.25) is 0 Å². The van der Waals surface area contributed by atoms with Gasteiger partial charge in [-0.3, -0.25) is 0 Å². The quantitative estimate of drug-likeness (QED) is 0.836. The first-order valence-electron chi connectivity index (χ1n) is 6.80. The molecule has 1 aromatic carbocycles. The number of anilines is 1. The lowest BCUT2D eigenvalue weighted by molar-refractivity contribution is 0.535. The van der Waals surface area contributed by atoms with Gasteiger partial charge in [-0.05, 0) is 31.4 Å².